The van der Waals surface area contributed by atoms with Crippen molar-refractivity contribution in [1.29, 1.82) is 0 Å². The minimum atomic E-state index is -0.716. The summed E-state index contributed by atoms with van der Waals surface area (Å²) in [5.41, 5.74) is 3.02. The zero-order chi connectivity index (χ0) is 23.7. The number of ether oxygens (including phenoxy) is 3. The number of nitrogens with zero attached hydrogens (tertiary/aromatic N) is 3. The van der Waals surface area contributed by atoms with Gasteiger partial charge in [-0.05, 0) is 43.5 Å². The van der Waals surface area contributed by atoms with Gasteiger partial charge in [-0.1, -0.05) is 23.4 Å². The van der Waals surface area contributed by atoms with Crippen molar-refractivity contribution in [3.63, 3.8) is 0 Å². The highest BCUT2D eigenvalue weighted by atomic mass is 16.7. The van der Waals surface area contributed by atoms with E-state index in [0.717, 1.165) is 17.7 Å². The second-order valence-corrected chi connectivity index (χ2v) is 8.99. The molecule has 2 saturated heterocycles. The van der Waals surface area contributed by atoms with Crippen molar-refractivity contribution in [2.24, 2.45) is 0 Å². The van der Waals surface area contributed by atoms with E-state index < -0.39 is 11.9 Å². The topological polar surface area (TPSA) is 106 Å². The molecule has 2 atom stereocenters. The van der Waals surface area contributed by atoms with E-state index >= 15 is 0 Å². The summed E-state index contributed by atoms with van der Waals surface area (Å²) in [6.45, 7) is 5.86. The van der Waals surface area contributed by atoms with Gasteiger partial charge in [-0.2, -0.15) is 0 Å². The number of carbonyl (C=O) groups is 2. The Morgan fingerprint density at radius 2 is 2.03 bits per heavy atom. The van der Waals surface area contributed by atoms with Gasteiger partial charge in [-0.3, -0.25) is 9.69 Å². The normalized spacial score (nSPS) is 24.2. The van der Waals surface area contributed by atoms with Crippen LogP contribution in [0.3, 0.4) is 0 Å². The molecular formula is C24H28N4O6. The van der Waals surface area contributed by atoms with Crippen LogP contribution in [0.1, 0.15) is 25.8 Å². The van der Waals surface area contributed by atoms with E-state index in [0.29, 0.717) is 32.1 Å². The van der Waals surface area contributed by atoms with Gasteiger partial charge in [0.1, 0.15) is 12.9 Å². The molecule has 5 rings (SSSR count). The minimum absolute atomic E-state index is 0.0333. The minimum Gasteiger partial charge on any atom is -0.447 e. The van der Waals surface area contributed by atoms with Crippen molar-refractivity contribution in [2.75, 3.05) is 43.1 Å². The van der Waals surface area contributed by atoms with Gasteiger partial charge in [0, 0.05) is 31.4 Å². The molecule has 10 heteroatoms. The monoisotopic (exact) mass is 468 g/mol. The number of rotatable bonds is 6. The highest BCUT2D eigenvalue weighted by Gasteiger charge is 2.39. The Kier molecular flexibility index (Phi) is 6.01. The first-order chi connectivity index (χ1) is 16.4. The van der Waals surface area contributed by atoms with Gasteiger partial charge < -0.3 is 29.0 Å². The Labute approximate surface area is 197 Å². The van der Waals surface area contributed by atoms with Crippen LogP contribution in [-0.2, 0) is 19.0 Å². The second kappa shape index (κ2) is 9.11. The van der Waals surface area contributed by atoms with Crippen LogP contribution in [0.4, 0.5) is 16.3 Å². The molecule has 0 radical (unpaired) electrons. The van der Waals surface area contributed by atoms with Gasteiger partial charge >= 0.3 is 6.09 Å². The quantitative estimate of drug-likeness (QED) is 0.690. The van der Waals surface area contributed by atoms with E-state index in [-0.39, 0.29) is 24.6 Å². The van der Waals surface area contributed by atoms with Gasteiger partial charge in [0.15, 0.2) is 17.7 Å². The van der Waals surface area contributed by atoms with Crippen LogP contribution < -0.4 is 10.2 Å². The lowest BCUT2D eigenvalue weighted by Gasteiger charge is -2.29. The molecule has 0 spiro atoms. The molecule has 0 saturated carbocycles. The molecule has 2 amide bonds. The van der Waals surface area contributed by atoms with Crippen molar-refractivity contribution in [3.05, 3.63) is 48.2 Å². The molecule has 2 aromatic rings. The number of hydrogen-bond acceptors (Lipinski definition) is 8. The van der Waals surface area contributed by atoms with Crippen molar-refractivity contribution < 1.29 is 28.3 Å². The first kappa shape index (κ1) is 22.4. The van der Waals surface area contributed by atoms with E-state index in [1.165, 1.54) is 11.8 Å². The molecule has 0 bridgehead atoms. The average Bonchev–Trinajstić information content (AvgIpc) is 3.58. The summed E-state index contributed by atoms with van der Waals surface area (Å²) < 4.78 is 21.3. The molecule has 0 unspecified atom stereocenters. The summed E-state index contributed by atoms with van der Waals surface area (Å²) in [5.74, 6) is -0.137. The number of benzene rings is 1. The molecule has 1 aromatic carbocycles. The Morgan fingerprint density at radius 3 is 2.68 bits per heavy atom. The lowest BCUT2D eigenvalue weighted by atomic mass is 9.98. The third kappa shape index (κ3) is 4.64. The SMILES string of the molecule is CC1(C)OC[C@@H](C(=O)N2CC=C(c3ccc(N4C(=O)OC[C@@H]4CNc4ccon4)cc3)CC2)O1. The lowest BCUT2D eigenvalue weighted by Crippen LogP contribution is -2.43. The maximum Gasteiger partial charge on any atom is 0.414 e. The first-order valence-electron chi connectivity index (χ1n) is 11.4. The van der Waals surface area contributed by atoms with E-state index in [2.05, 4.69) is 16.5 Å². The standard InChI is InChI=1S/C24H28N4O6/c1-24(2)32-15-20(34-24)22(29)27-10-7-17(8-11-27)16-3-5-18(6-4-16)28-19(14-31-23(28)30)13-25-21-9-12-33-26-21/h3-7,9,12,19-20H,8,10-11,13-15H2,1-2H3,(H,25,26)/t19-,20-/m0/s1. The fourth-order valence-corrected chi connectivity index (χ4v) is 4.43. The highest BCUT2D eigenvalue weighted by molar-refractivity contribution is 5.90. The Bertz CT molecular complexity index is 1070. The molecular weight excluding hydrogens is 440 g/mol. The van der Waals surface area contributed by atoms with E-state index in [1.54, 1.807) is 15.9 Å². The van der Waals surface area contributed by atoms with Crippen LogP contribution in [-0.4, -0.2) is 72.8 Å². The maximum atomic E-state index is 12.7. The zero-order valence-corrected chi connectivity index (χ0v) is 19.2. The van der Waals surface area contributed by atoms with Gasteiger partial charge in [0.05, 0.1) is 12.6 Å². The van der Waals surface area contributed by atoms with Crippen molar-refractivity contribution >= 4 is 29.1 Å². The smallest absolute Gasteiger partial charge is 0.414 e. The largest absolute Gasteiger partial charge is 0.447 e. The van der Waals surface area contributed by atoms with E-state index in [4.69, 9.17) is 18.7 Å². The highest BCUT2D eigenvalue weighted by Crippen LogP contribution is 2.29. The number of amides is 2. The third-order valence-electron chi connectivity index (χ3n) is 6.24. The zero-order valence-electron chi connectivity index (χ0n) is 19.2. The van der Waals surface area contributed by atoms with Gasteiger partial charge in [0.2, 0.25) is 0 Å². The van der Waals surface area contributed by atoms with Crippen LogP contribution in [0.25, 0.3) is 5.57 Å². The molecule has 1 aromatic heterocycles. The fourth-order valence-electron chi connectivity index (χ4n) is 4.43. The summed E-state index contributed by atoms with van der Waals surface area (Å²) in [5, 5.41) is 6.98. The van der Waals surface area contributed by atoms with Crippen molar-refractivity contribution in [3.8, 4) is 0 Å². The predicted molar refractivity (Wildman–Crippen MR) is 123 cm³/mol. The summed E-state index contributed by atoms with van der Waals surface area (Å²) in [4.78, 5) is 28.6. The predicted octanol–water partition coefficient (Wildman–Crippen LogP) is 2.88. The number of carbonyl (C=O) groups excluding carboxylic acids is 2. The molecule has 0 aliphatic carbocycles. The Morgan fingerprint density at radius 1 is 1.21 bits per heavy atom. The molecule has 1 N–H and O–H groups in total. The third-order valence-corrected chi connectivity index (χ3v) is 6.24. The van der Waals surface area contributed by atoms with Crippen LogP contribution in [0.5, 0.6) is 0 Å². The number of nitrogens with one attached hydrogen (secondary N) is 1. The van der Waals surface area contributed by atoms with Crippen LogP contribution >= 0.6 is 0 Å². The maximum absolute atomic E-state index is 12.7. The van der Waals surface area contributed by atoms with Crippen LogP contribution in [0, 0.1) is 0 Å². The second-order valence-electron chi connectivity index (χ2n) is 8.99. The summed E-state index contributed by atoms with van der Waals surface area (Å²) in [6, 6.07) is 9.42. The fraction of sp³-hybridized carbons (Fsp3) is 0.458. The number of cyclic esters (lactones) is 1. The van der Waals surface area contributed by atoms with Crippen LogP contribution in [0.2, 0.25) is 0 Å². The molecule has 2 fully saturated rings. The lowest BCUT2D eigenvalue weighted by molar-refractivity contribution is -0.159. The molecule has 34 heavy (non-hydrogen) atoms. The van der Waals surface area contributed by atoms with E-state index in [9.17, 15) is 9.59 Å². The molecule has 10 nitrogen and oxygen atoms in total. The molecule has 3 aliphatic heterocycles. The number of anilines is 2. The summed E-state index contributed by atoms with van der Waals surface area (Å²) in [6.07, 6.45) is 3.40. The molecule has 3 aliphatic rings. The van der Waals surface area contributed by atoms with Crippen LogP contribution in [0.15, 0.2) is 47.2 Å². The summed E-state index contributed by atoms with van der Waals surface area (Å²) in [7, 11) is 0. The Hall–Kier alpha value is -3.37. The Balaban J connectivity index is 1.21. The van der Waals surface area contributed by atoms with Gasteiger partial charge in [-0.25, -0.2) is 4.79 Å². The molecule has 4 heterocycles. The average molecular weight is 469 g/mol. The number of aromatic nitrogens is 1. The first-order valence-corrected chi connectivity index (χ1v) is 11.4. The summed E-state index contributed by atoms with van der Waals surface area (Å²) >= 11 is 0. The molecule has 180 valence electrons. The van der Waals surface area contributed by atoms with Gasteiger partial charge in [-0.15, -0.1) is 0 Å². The van der Waals surface area contributed by atoms with E-state index in [1.807, 2.05) is 38.1 Å². The number of hydrogen-bond donors (Lipinski definition) is 1. The van der Waals surface area contributed by atoms with Crippen molar-refractivity contribution in [2.45, 2.75) is 38.2 Å². The van der Waals surface area contributed by atoms with Gasteiger partial charge in [0.25, 0.3) is 5.91 Å². The van der Waals surface area contributed by atoms with Crippen molar-refractivity contribution in [1.82, 2.24) is 10.1 Å².